The lowest BCUT2D eigenvalue weighted by Gasteiger charge is -2.34. The minimum atomic E-state index is -1.03. The first-order chi connectivity index (χ1) is 15.0. The van der Waals surface area contributed by atoms with Gasteiger partial charge in [0.2, 0.25) is 0 Å². The number of ether oxygens (including phenoxy) is 1. The second kappa shape index (κ2) is 7.85. The molecule has 31 heavy (non-hydrogen) atoms. The highest BCUT2D eigenvalue weighted by atomic mass is 79.9. The number of halogens is 1. The van der Waals surface area contributed by atoms with E-state index in [1.54, 1.807) is 0 Å². The van der Waals surface area contributed by atoms with Crippen molar-refractivity contribution < 1.29 is 19.4 Å². The maximum Gasteiger partial charge on any atom is 0.410 e. The lowest BCUT2D eigenvalue weighted by atomic mass is 9.94. The SMILES string of the molecule is O=C(O)C1Cc2cccc(Br)c2CN1C(=O)OCC1c2ccccc2-c2ccccc21. The molecule has 0 saturated heterocycles. The second-order valence-electron chi connectivity index (χ2n) is 7.87. The normalized spacial score (nSPS) is 16.9. The van der Waals surface area contributed by atoms with Gasteiger partial charge in [0.1, 0.15) is 12.6 Å². The molecule has 3 aromatic rings. The lowest BCUT2D eigenvalue weighted by molar-refractivity contribution is -0.143. The Hall–Kier alpha value is -3.12. The molecular weight excluding hydrogens is 458 g/mol. The van der Waals surface area contributed by atoms with Crippen molar-refractivity contribution in [3.05, 3.63) is 93.5 Å². The number of carboxylic acid groups (broad SMARTS) is 1. The van der Waals surface area contributed by atoms with Gasteiger partial charge in [-0.15, -0.1) is 0 Å². The number of carbonyl (C=O) groups is 2. The van der Waals surface area contributed by atoms with Gasteiger partial charge in [-0.25, -0.2) is 9.59 Å². The van der Waals surface area contributed by atoms with Gasteiger partial charge in [0.15, 0.2) is 0 Å². The van der Waals surface area contributed by atoms with Crippen LogP contribution in [0.3, 0.4) is 0 Å². The van der Waals surface area contributed by atoms with Crippen molar-refractivity contribution >= 4 is 28.0 Å². The Morgan fingerprint density at radius 3 is 2.26 bits per heavy atom. The van der Waals surface area contributed by atoms with E-state index in [1.807, 2.05) is 42.5 Å². The van der Waals surface area contributed by atoms with E-state index in [1.165, 1.54) is 4.90 Å². The molecular formula is C25H20BrNO4. The fourth-order valence-corrected chi connectivity index (χ4v) is 5.19. The molecule has 2 aliphatic rings. The van der Waals surface area contributed by atoms with Crippen molar-refractivity contribution in [3.63, 3.8) is 0 Å². The molecule has 156 valence electrons. The van der Waals surface area contributed by atoms with Gasteiger partial charge in [0.25, 0.3) is 0 Å². The van der Waals surface area contributed by atoms with E-state index in [2.05, 4.69) is 40.2 Å². The van der Waals surface area contributed by atoms with Crippen LogP contribution in [-0.4, -0.2) is 34.7 Å². The smallest absolute Gasteiger partial charge is 0.410 e. The van der Waals surface area contributed by atoms with Gasteiger partial charge in [-0.2, -0.15) is 0 Å². The number of benzene rings is 3. The highest BCUT2D eigenvalue weighted by molar-refractivity contribution is 9.10. The Morgan fingerprint density at radius 2 is 1.61 bits per heavy atom. The third kappa shape index (κ3) is 3.41. The first-order valence-electron chi connectivity index (χ1n) is 10.2. The van der Waals surface area contributed by atoms with Gasteiger partial charge in [-0.05, 0) is 39.4 Å². The zero-order valence-electron chi connectivity index (χ0n) is 16.6. The summed E-state index contributed by atoms with van der Waals surface area (Å²) in [6, 6.07) is 21.0. The molecule has 0 saturated carbocycles. The second-order valence-corrected chi connectivity index (χ2v) is 8.72. The van der Waals surface area contributed by atoms with Crippen molar-refractivity contribution in [2.24, 2.45) is 0 Å². The summed E-state index contributed by atoms with van der Waals surface area (Å²) in [5.74, 6) is -1.09. The van der Waals surface area contributed by atoms with Crippen LogP contribution in [0.1, 0.15) is 28.2 Å². The van der Waals surface area contributed by atoms with Crippen LogP contribution in [0.5, 0.6) is 0 Å². The topological polar surface area (TPSA) is 66.8 Å². The summed E-state index contributed by atoms with van der Waals surface area (Å²) in [5, 5.41) is 9.73. The Bertz CT molecular complexity index is 1150. The van der Waals surface area contributed by atoms with Crippen molar-refractivity contribution in [3.8, 4) is 11.1 Å². The summed E-state index contributed by atoms with van der Waals surface area (Å²) in [6.07, 6.45) is -0.343. The molecule has 0 spiro atoms. The standard InChI is InChI=1S/C25H20BrNO4/c26-22-11-5-6-15-12-23(24(28)29)27(13-20(15)22)25(30)31-14-21-18-9-3-1-7-16(18)17-8-2-4-10-19(17)21/h1-11,21,23H,12-14H2,(H,28,29). The summed E-state index contributed by atoms with van der Waals surface area (Å²) in [6.45, 7) is 0.364. The first kappa shape index (κ1) is 19.8. The fourth-order valence-electron chi connectivity index (χ4n) is 4.66. The predicted octanol–water partition coefficient (Wildman–Crippen LogP) is 5.21. The molecule has 6 heteroatoms. The van der Waals surface area contributed by atoms with Gasteiger partial charge in [-0.1, -0.05) is 76.6 Å². The molecule has 1 heterocycles. The van der Waals surface area contributed by atoms with Crippen LogP contribution in [0.25, 0.3) is 11.1 Å². The monoisotopic (exact) mass is 477 g/mol. The summed E-state index contributed by atoms with van der Waals surface area (Å²) >= 11 is 3.52. The Balaban J connectivity index is 1.39. The van der Waals surface area contributed by atoms with Crippen LogP contribution in [0.4, 0.5) is 4.79 Å². The molecule has 1 atom stereocenters. The largest absolute Gasteiger partial charge is 0.480 e. The molecule has 1 aliphatic heterocycles. The highest BCUT2D eigenvalue weighted by Gasteiger charge is 2.37. The zero-order valence-corrected chi connectivity index (χ0v) is 18.2. The van der Waals surface area contributed by atoms with E-state index in [9.17, 15) is 14.7 Å². The Morgan fingerprint density at radius 1 is 0.968 bits per heavy atom. The van der Waals surface area contributed by atoms with Crippen molar-refractivity contribution in [1.29, 1.82) is 0 Å². The van der Waals surface area contributed by atoms with Crippen molar-refractivity contribution in [1.82, 2.24) is 4.90 Å². The van der Waals surface area contributed by atoms with Crippen LogP contribution in [0, 0.1) is 0 Å². The molecule has 0 aromatic heterocycles. The number of amides is 1. The third-order valence-electron chi connectivity index (χ3n) is 6.19. The molecule has 3 aromatic carbocycles. The van der Waals surface area contributed by atoms with Crippen molar-refractivity contribution in [2.45, 2.75) is 24.9 Å². The molecule has 1 unspecified atom stereocenters. The molecule has 0 radical (unpaired) electrons. The maximum atomic E-state index is 13.0. The summed E-state index contributed by atoms with van der Waals surface area (Å²) in [7, 11) is 0. The van der Waals surface area contributed by atoms with Crippen LogP contribution in [0.15, 0.2) is 71.2 Å². The Labute approximate surface area is 188 Å². The highest BCUT2D eigenvalue weighted by Crippen LogP contribution is 2.44. The summed E-state index contributed by atoms with van der Waals surface area (Å²) in [5.41, 5.74) is 6.41. The molecule has 1 aliphatic carbocycles. The number of hydrogen-bond acceptors (Lipinski definition) is 3. The average molecular weight is 478 g/mol. The number of rotatable bonds is 3. The maximum absolute atomic E-state index is 13.0. The number of nitrogens with zero attached hydrogens (tertiary/aromatic N) is 1. The Kier molecular flexibility index (Phi) is 5.02. The van der Waals surface area contributed by atoms with Crippen LogP contribution >= 0.6 is 15.9 Å². The molecule has 5 rings (SSSR count). The lowest BCUT2D eigenvalue weighted by Crippen LogP contribution is -2.49. The average Bonchev–Trinajstić information content (AvgIpc) is 3.11. The molecule has 5 nitrogen and oxygen atoms in total. The van der Waals surface area contributed by atoms with E-state index in [0.717, 1.165) is 37.9 Å². The number of aliphatic carboxylic acids is 1. The molecule has 1 N–H and O–H groups in total. The molecule has 0 bridgehead atoms. The quantitative estimate of drug-likeness (QED) is 0.562. The van der Waals surface area contributed by atoms with E-state index in [4.69, 9.17) is 4.74 Å². The van der Waals surface area contributed by atoms with Crippen LogP contribution < -0.4 is 0 Å². The van der Waals surface area contributed by atoms with Gasteiger partial charge < -0.3 is 9.84 Å². The molecule has 1 amide bonds. The van der Waals surface area contributed by atoms with E-state index >= 15 is 0 Å². The third-order valence-corrected chi connectivity index (χ3v) is 6.93. The van der Waals surface area contributed by atoms with Gasteiger partial charge in [0, 0.05) is 16.8 Å². The van der Waals surface area contributed by atoms with E-state index in [-0.39, 0.29) is 25.5 Å². The number of carbonyl (C=O) groups excluding carboxylic acids is 1. The van der Waals surface area contributed by atoms with Gasteiger partial charge in [-0.3, -0.25) is 4.90 Å². The summed E-state index contributed by atoms with van der Waals surface area (Å²) in [4.78, 5) is 26.3. The number of hydrogen-bond donors (Lipinski definition) is 1. The number of carboxylic acids is 1. The summed E-state index contributed by atoms with van der Waals surface area (Å²) < 4.78 is 6.59. The van der Waals surface area contributed by atoms with E-state index in [0.29, 0.717) is 0 Å². The van der Waals surface area contributed by atoms with Gasteiger partial charge >= 0.3 is 12.1 Å². The number of fused-ring (bicyclic) bond motifs is 4. The first-order valence-corrected chi connectivity index (χ1v) is 10.9. The van der Waals surface area contributed by atoms with Crippen LogP contribution in [-0.2, 0) is 22.5 Å². The van der Waals surface area contributed by atoms with Gasteiger partial charge in [0.05, 0.1) is 6.54 Å². The minimum absolute atomic E-state index is 0.0663. The predicted molar refractivity (Wildman–Crippen MR) is 120 cm³/mol. The van der Waals surface area contributed by atoms with Crippen LogP contribution in [0.2, 0.25) is 0 Å². The fraction of sp³-hybridized carbons (Fsp3) is 0.200. The van der Waals surface area contributed by atoms with Crippen molar-refractivity contribution in [2.75, 3.05) is 6.61 Å². The zero-order chi connectivity index (χ0) is 21.5. The minimum Gasteiger partial charge on any atom is -0.480 e. The molecule has 0 fully saturated rings. The van der Waals surface area contributed by atoms with E-state index < -0.39 is 18.1 Å².